The largest absolute Gasteiger partial charge is 0.459 e. The average molecular weight is 433 g/mol. The van der Waals surface area contributed by atoms with Crippen LogP contribution >= 0.6 is 22.9 Å². The van der Waals surface area contributed by atoms with Crippen LogP contribution in [0, 0.1) is 11.8 Å². The fourth-order valence-electron chi connectivity index (χ4n) is 3.98. The number of hydrogen-bond donors (Lipinski definition) is 0. The topological polar surface area (TPSA) is 76.6 Å². The van der Waals surface area contributed by atoms with Gasteiger partial charge in [0.05, 0.1) is 24.0 Å². The average Bonchev–Trinajstić information content (AvgIpc) is 3.30. The molecule has 1 saturated carbocycles. The Labute approximate surface area is 177 Å². The maximum Gasteiger partial charge on any atom is 0.307 e. The third-order valence-corrected chi connectivity index (χ3v) is 6.69. The molecule has 6 nitrogen and oxygen atoms in total. The van der Waals surface area contributed by atoms with Crippen molar-refractivity contribution in [2.45, 2.75) is 38.7 Å². The molecule has 1 aromatic carbocycles. The van der Waals surface area contributed by atoms with Crippen LogP contribution in [-0.2, 0) is 25.7 Å². The van der Waals surface area contributed by atoms with Crippen molar-refractivity contribution in [3.05, 3.63) is 40.4 Å². The van der Waals surface area contributed by atoms with Gasteiger partial charge in [0, 0.05) is 22.5 Å². The van der Waals surface area contributed by atoms with Gasteiger partial charge in [-0.25, -0.2) is 4.98 Å². The molecular formula is C21H21ClN2O4S. The van der Waals surface area contributed by atoms with E-state index < -0.39 is 5.97 Å². The molecule has 8 heteroatoms. The predicted octanol–water partition coefficient (Wildman–Crippen LogP) is 4.07. The number of likely N-dealkylation sites (tertiary alicyclic amines) is 1. The second kappa shape index (κ2) is 8.63. The van der Waals surface area contributed by atoms with Crippen LogP contribution in [0.1, 0.15) is 37.8 Å². The molecule has 0 radical (unpaired) electrons. The van der Waals surface area contributed by atoms with Crippen molar-refractivity contribution < 1.29 is 19.1 Å². The molecule has 1 aliphatic heterocycles. The minimum atomic E-state index is -0.443. The molecule has 0 bridgehead atoms. The number of imide groups is 1. The highest BCUT2D eigenvalue weighted by Crippen LogP contribution is 2.38. The van der Waals surface area contributed by atoms with Gasteiger partial charge in [-0.1, -0.05) is 36.6 Å². The molecule has 4 rings (SSSR count). The van der Waals surface area contributed by atoms with Crippen molar-refractivity contribution in [3.8, 4) is 10.6 Å². The first-order valence-corrected chi connectivity index (χ1v) is 11.0. The number of ether oxygens (including phenoxy) is 1. The summed E-state index contributed by atoms with van der Waals surface area (Å²) in [7, 11) is 0. The summed E-state index contributed by atoms with van der Waals surface area (Å²) in [5, 5.41) is 3.33. The Bertz CT molecular complexity index is 903. The van der Waals surface area contributed by atoms with E-state index in [9.17, 15) is 14.4 Å². The summed E-state index contributed by atoms with van der Waals surface area (Å²) >= 11 is 7.36. The van der Waals surface area contributed by atoms with E-state index in [-0.39, 0.29) is 43.2 Å². The van der Waals surface area contributed by atoms with E-state index in [4.69, 9.17) is 16.3 Å². The molecule has 1 saturated heterocycles. The normalized spacial score (nSPS) is 21.3. The van der Waals surface area contributed by atoms with Crippen molar-refractivity contribution >= 4 is 40.7 Å². The van der Waals surface area contributed by atoms with E-state index in [0.29, 0.717) is 10.7 Å². The lowest BCUT2D eigenvalue weighted by molar-refractivity contribution is -0.146. The number of carbonyl (C=O) groups excluding carboxylic acids is 3. The Hall–Kier alpha value is -2.25. The number of carbonyl (C=O) groups is 3. The van der Waals surface area contributed by atoms with Crippen LogP contribution in [0.15, 0.2) is 29.6 Å². The van der Waals surface area contributed by atoms with Gasteiger partial charge >= 0.3 is 5.97 Å². The fourth-order valence-corrected chi connectivity index (χ4v) is 4.92. The zero-order valence-corrected chi connectivity index (χ0v) is 17.4. The number of benzene rings is 1. The van der Waals surface area contributed by atoms with Crippen molar-refractivity contribution in [1.82, 2.24) is 9.88 Å². The fraction of sp³-hybridized carbons (Fsp3) is 0.429. The number of fused-ring (bicyclic) bond motifs is 1. The lowest BCUT2D eigenvalue weighted by atomic mass is 9.81. The molecule has 0 unspecified atom stereocenters. The minimum Gasteiger partial charge on any atom is -0.459 e. The van der Waals surface area contributed by atoms with Crippen molar-refractivity contribution in [1.29, 1.82) is 0 Å². The summed E-state index contributed by atoms with van der Waals surface area (Å²) in [6.07, 6.45) is 3.53. The van der Waals surface area contributed by atoms with Crippen LogP contribution in [-0.4, -0.2) is 34.2 Å². The van der Waals surface area contributed by atoms with Crippen molar-refractivity contribution in [3.63, 3.8) is 0 Å². The molecule has 2 fully saturated rings. The summed E-state index contributed by atoms with van der Waals surface area (Å²) in [5.41, 5.74) is 1.61. The Morgan fingerprint density at radius 3 is 2.45 bits per heavy atom. The van der Waals surface area contributed by atoms with E-state index in [0.717, 1.165) is 36.3 Å². The zero-order chi connectivity index (χ0) is 20.4. The van der Waals surface area contributed by atoms with E-state index in [1.54, 1.807) is 12.1 Å². The summed E-state index contributed by atoms with van der Waals surface area (Å²) < 4.78 is 5.28. The van der Waals surface area contributed by atoms with Gasteiger partial charge in [0.15, 0.2) is 0 Å². The third-order valence-electron chi connectivity index (χ3n) is 5.50. The van der Waals surface area contributed by atoms with Crippen LogP contribution in [0.3, 0.4) is 0 Å². The number of thiazole rings is 1. The molecular weight excluding hydrogens is 412 g/mol. The van der Waals surface area contributed by atoms with Gasteiger partial charge in [0.25, 0.3) is 0 Å². The molecule has 1 aromatic heterocycles. The summed E-state index contributed by atoms with van der Waals surface area (Å²) in [4.78, 5) is 42.7. The monoisotopic (exact) mass is 432 g/mol. The third kappa shape index (κ3) is 4.36. The van der Waals surface area contributed by atoms with Gasteiger partial charge in [-0.2, -0.15) is 0 Å². The first-order valence-electron chi connectivity index (χ1n) is 9.74. The van der Waals surface area contributed by atoms with Crippen molar-refractivity contribution in [2.24, 2.45) is 11.8 Å². The molecule has 29 heavy (non-hydrogen) atoms. The van der Waals surface area contributed by atoms with Crippen LogP contribution in [0.25, 0.3) is 10.6 Å². The molecule has 0 spiro atoms. The standard InChI is InChI=1S/C21H21ClN2O4S/c22-14-7-5-13(6-8-14)19-23-15(12-29-19)11-28-18(25)9-10-24-20(26)16-3-1-2-4-17(16)21(24)27/h5-8,12,16-17H,1-4,9-11H2/t16-,17+. The Morgan fingerprint density at radius 1 is 1.14 bits per heavy atom. The molecule has 2 atom stereocenters. The highest BCUT2D eigenvalue weighted by molar-refractivity contribution is 7.13. The molecule has 2 amide bonds. The Kier molecular flexibility index (Phi) is 5.96. The molecule has 152 valence electrons. The number of esters is 1. The molecule has 2 aromatic rings. The molecule has 2 heterocycles. The van der Waals surface area contributed by atoms with Crippen LogP contribution < -0.4 is 0 Å². The van der Waals surface area contributed by atoms with E-state index in [1.807, 2.05) is 17.5 Å². The summed E-state index contributed by atoms with van der Waals surface area (Å²) in [6, 6.07) is 7.38. The minimum absolute atomic E-state index is 0.00506. The first kappa shape index (κ1) is 20.0. The maximum absolute atomic E-state index is 12.4. The smallest absolute Gasteiger partial charge is 0.307 e. The predicted molar refractivity (Wildman–Crippen MR) is 109 cm³/mol. The number of rotatable bonds is 6. The summed E-state index contributed by atoms with van der Waals surface area (Å²) in [6.45, 7) is 0.159. The van der Waals surface area contributed by atoms with Gasteiger partial charge in [-0.05, 0) is 25.0 Å². The lowest BCUT2D eigenvalue weighted by Gasteiger charge is -2.19. The second-order valence-electron chi connectivity index (χ2n) is 7.39. The zero-order valence-electron chi connectivity index (χ0n) is 15.8. The van der Waals surface area contributed by atoms with Gasteiger partial charge in [-0.15, -0.1) is 11.3 Å². The SMILES string of the molecule is O=C(CCN1C(=O)[C@H]2CCCC[C@H]2C1=O)OCc1csc(-c2ccc(Cl)cc2)n1. The van der Waals surface area contributed by atoms with Gasteiger partial charge in [0.2, 0.25) is 11.8 Å². The molecule has 2 aliphatic rings. The molecule has 1 aliphatic carbocycles. The van der Waals surface area contributed by atoms with Crippen LogP contribution in [0.5, 0.6) is 0 Å². The van der Waals surface area contributed by atoms with Gasteiger partial charge in [-0.3, -0.25) is 19.3 Å². The summed E-state index contributed by atoms with van der Waals surface area (Å²) in [5.74, 6) is -1.07. The van der Waals surface area contributed by atoms with Crippen LogP contribution in [0.2, 0.25) is 5.02 Å². The number of nitrogens with zero attached hydrogens (tertiary/aromatic N) is 2. The lowest BCUT2D eigenvalue weighted by Crippen LogP contribution is -2.33. The van der Waals surface area contributed by atoms with E-state index in [2.05, 4.69) is 4.98 Å². The van der Waals surface area contributed by atoms with E-state index in [1.165, 1.54) is 16.2 Å². The first-order chi connectivity index (χ1) is 14.0. The Morgan fingerprint density at radius 2 is 1.79 bits per heavy atom. The van der Waals surface area contributed by atoms with Gasteiger partial charge < -0.3 is 4.74 Å². The highest BCUT2D eigenvalue weighted by atomic mass is 35.5. The quantitative estimate of drug-likeness (QED) is 0.508. The Balaban J connectivity index is 1.27. The molecule has 0 N–H and O–H groups in total. The highest BCUT2D eigenvalue weighted by Gasteiger charge is 2.47. The number of hydrogen-bond acceptors (Lipinski definition) is 6. The van der Waals surface area contributed by atoms with Crippen molar-refractivity contribution in [2.75, 3.05) is 6.54 Å². The maximum atomic E-state index is 12.4. The van der Waals surface area contributed by atoms with E-state index >= 15 is 0 Å². The van der Waals surface area contributed by atoms with Gasteiger partial charge in [0.1, 0.15) is 11.6 Å². The number of halogens is 1. The second-order valence-corrected chi connectivity index (χ2v) is 8.68. The van der Waals surface area contributed by atoms with Crippen LogP contribution in [0.4, 0.5) is 0 Å². The number of amides is 2. The number of aromatic nitrogens is 1.